The summed E-state index contributed by atoms with van der Waals surface area (Å²) in [6.45, 7) is 10.4. The Morgan fingerprint density at radius 3 is 2.00 bits per heavy atom. The van der Waals surface area contributed by atoms with E-state index in [9.17, 15) is 14.7 Å². The van der Waals surface area contributed by atoms with Crippen molar-refractivity contribution in [3.63, 3.8) is 0 Å². The smallest absolute Gasteiger partial charge is 0.338 e. The molecule has 0 aliphatic rings. The van der Waals surface area contributed by atoms with Crippen LogP contribution in [0.1, 0.15) is 48.0 Å². The molecule has 0 heterocycles. The van der Waals surface area contributed by atoms with Crippen molar-refractivity contribution < 1.29 is 19.4 Å². The van der Waals surface area contributed by atoms with Crippen LogP contribution in [0.4, 0.5) is 0 Å². The fraction of sp³-hybridized carbons (Fsp3) is 0.846. The van der Waals surface area contributed by atoms with Gasteiger partial charge in [-0.2, -0.15) is 0 Å². The highest BCUT2D eigenvalue weighted by atomic mass is 16.5. The molecule has 0 spiro atoms. The first-order valence-electron chi connectivity index (χ1n) is 6.05. The third-order valence-corrected chi connectivity index (χ3v) is 3.02. The highest BCUT2D eigenvalue weighted by Gasteiger charge is 2.47. The van der Waals surface area contributed by atoms with Crippen LogP contribution in [0.3, 0.4) is 0 Å². The van der Waals surface area contributed by atoms with E-state index in [1.807, 2.05) is 0 Å². The maximum Gasteiger partial charge on any atom is 0.338 e. The summed E-state index contributed by atoms with van der Waals surface area (Å²) in [5.41, 5.74) is -2.31. The Bertz CT molecular complexity index is 290. The number of hydrogen-bond donors (Lipinski definition) is 1. The summed E-state index contributed by atoms with van der Waals surface area (Å²) < 4.78 is 4.84. The number of esters is 1. The van der Waals surface area contributed by atoms with E-state index in [0.717, 1.165) is 0 Å². The van der Waals surface area contributed by atoms with Crippen molar-refractivity contribution in [1.29, 1.82) is 0 Å². The van der Waals surface area contributed by atoms with E-state index in [1.54, 1.807) is 41.5 Å². The monoisotopic (exact) mass is 244 g/mol. The Morgan fingerprint density at radius 1 is 1.24 bits per heavy atom. The minimum atomic E-state index is -1.72. The SMILES string of the molecule is CCOC(=O)C(O)(CC)C(C)C(=O)C(C)(C)C. The van der Waals surface area contributed by atoms with Crippen LogP contribution in [-0.4, -0.2) is 29.1 Å². The summed E-state index contributed by atoms with van der Waals surface area (Å²) >= 11 is 0. The Kier molecular flexibility index (Phi) is 5.33. The van der Waals surface area contributed by atoms with Gasteiger partial charge in [-0.3, -0.25) is 4.79 Å². The standard InChI is InChI=1S/C13H24O4/c1-7-13(16,11(15)17-8-2)9(3)10(14)12(4,5)6/h9,16H,7-8H2,1-6H3. The molecule has 0 saturated heterocycles. The van der Waals surface area contributed by atoms with Gasteiger partial charge in [-0.1, -0.05) is 34.6 Å². The van der Waals surface area contributed by atoms with Gasteiger partial charge in [-0.05, 0) is 13.3 Å². The normalized spacial score (nSPS) is 17.1. The molecular formula is C13H24O4. The lowest BCUT2D eigenvalue weighted by Gasteiger charge is -2.33. The second-order valence-electron chi connectivity index (χ2n) is 5.33. The maximum absolute atomic E-state index is 12.1. The molecule has 0 saturated carbocycles. The summed E-state index contributed by atoms with van der Waals surface area (Å²) in [6.07, 6.45) is 0.162. The molecule has 4 nitrogen and oxygen atoms in total. The third kappa shape index (κ3) is 3.53. The van der Waals surface area contributed by atoms with Gasteiger partial charge in [-0.15, -0.1) is 0 Å². The van der Waals surface area contributed by atoms with Crippen molar-refractivity contribution in [2.45, 2.75) is 53.6 Å². The Hall–Kier alpha value is -0.900. The first-order chi connectivity index (χ1) is 7.61. The fourth-order valence-corrected chi connectivity index (χ4v) is 1.75. The zero-order valence-corrected chi connectivity index (χ0v) is 11.7. The van der Waals surface area contributed by atoms with E-state index in [4.69, 9.17) is 4.74 Å². The maximum atomic E-state index is 12.1. The van der Waals surface area contributed by atoms with Gasteiger partial charge in [0.25, 0.3) is 0 Å². The molecule has 0 amide bonds. The van der Waals surface area contributed by atoms with Gasteiger partial charge < -0.3 is 9.84 Å². The van der Waals surface area contributed by atoms with E-state index in [0.29, 0.717) is 0 Å². The molecule has 1 N–H and O–H groups in total. The van der Waals surface area contributed by atoms with Gasteiger partial charge in [0.2, 0.25) is 0 Å². The molecule has 2 unspecified atom stereocenters. The summed E-state index contributed by atoms with van der Waals surface area (Å²) in [5, 5.41) is 10.3. The number of carbonyl (C=O) groups excluding carboxylic acids is 2. The van der Waals surface area contributed by atoms with E-state index in [2.05, 4.69) is 0 Å². The molecule has 0 aliphatic heterocycles. The number of Topliss-reactive ketones (excluding diaryl/α,β-unsaturated/α-hetero) is 1. The van der Waals surface area contributed by atoms with Crippen molar-refractivity contribution in [2.75, 3.05) is 6.61 Å². The van der Waals surface area contributed by atoms with Crippen LogP contribution < -0.4 is 0 Å². The van der Waals surface area contributed by atoms with Crippen LogP contribution in [0.5, 0.6) is 0 Å². The van der Waals surface area contributed by atoms with E-state index >= 15 is 0 Å². The van der Waals surface area contributed by atoms with Crippen molar-refractivity contribution in [3.05, 3.63) is 0 Å². The molecule has 0 aromatic heterocycles. The predicted octanol–water partition coefficient (Wildman–Crippen LogP) is 1.94. The zero-order chi connectivity index (χ0) is 13.9. The minimum Gasteiger partial charge on any atom is -0.464 e. The fourth-order valence-electron chi connectivity index (χ4n) is 1.75. The van der Waals surface area contributed by atoms with Crippen LogP contribution in [0.2, 0.25) is 0 Å². The number of aliphatic hydroxyl groups is 1. The molecule has 0 aromatic rings. The summed E-state index contributed by atoms with van der Waals surface area (Å²) in [4.78, 5) is 23.9. The number of ketones is 1. The van der Waals surface area contributed by atoms with Crippen LogP contribution in [0, 0.1) is 11.3 Å². The Labute approximate surface area is 103 Å². The molecule has 17 heavy (non-hydrogen) atoms. The van der Waals surface area contributed by atoms with Gasteiger partial charge in [0.05, 0.1) is 12.5 Å². The molecule has 0 aromatic carbocycles. The Balaban J connectivity index is 5.12. The highest BCUT2D eigenvalue weighted by molar-refractivity contribution is 5.93. The third-order valence-electron chi connectivity index (χ3n) is 3.02. The summed E-state index contributed by atoms with van der Waals surface area (Å²) in [7, 11) is 0. The number of carbonyl (C=O) groups is 2. The van der Waals surface area contributed by atoms with Gasteiger partial charge in [-0.25, -0.2) is 4.79 Å². The zero-order valence-electron chi connectivity index (χ0n) is 11.7. The Morgan fingerprint density at radius 2 is 1.71 bits per heavy atom. The largest absolute Gasteiger partial charge is 0.464 e. The predicted molar refractivity (Wildman–Crippen MR) is 65.5 cm³/mol. The minimum absolute atomic E-state index is 0.144. The van der Waals surface area contributed by atoms with Gasteiger partial charge in [0, 0.05) is 5.41 Å². The van der Waals surface area contributed by atoms with Crippen LogP contribution in [0.15, 0.2) is 0 Å². The summed E-state index contributed by atoms with van der Waals surface area (Å²) in [5.74, 6) is -1.63. The number of ether oxygens (including phenoxy) is 1. The molecule has 0 bridgehead atoms. The molecule has 0 aliphatic carbocycles. The quantitative estimate of drug-likeness (QED) is 0.751. The lowest BCUT2D eigenvalue weighted by Crippen LogP contribution is -2.50. The first kappa shape index (κ1) is 16.1. The molecule has 0 rings (SSSR count). The molecular weight excluding hydrogens is 220 g/mol. The lowest BCUT2D eigenvalue weighted by molar-refractivity contribution is -0.175. The molecule has 4 heteroatoms. The van der Waals surface area contributed by atoms with Gasteiger partial charge >= 0.3 is 5.97 Å². The van der Waals surface area contributed by atoms with Crippen LogP contribution in [-0.2, 0) is 14.3 Å². The second-order valence-corrected chi connectivity index (χ2v) is 5.33. The van der Waals surface area contributed by atoms with Crippen LogP contribution in [0.25, 0.3) is 0 Å². The van der Waals surface area contributed by atoms with Gasteiger partial charge in [0.15, 0.2) is 5.60 Å². The number of hydrogen-bond acceptors (Lipinski definition) is 4. The van der Waals surface area contributed by atoms with Crippen molar-refractivity contribution in [1.82, 2.24) is 0 Å². The van der Waals surface area contributed by atoms with Crippen LogP contribution >= 0.6 is 0 Å². The van der Waals surface area contributed by atoms with Crippen molar-refractivity contribution in [3.8, 4) is 0 Å². The average molecular weight is 244 g/mol. The van der Waals surface area contributed by atoms with Crippen molar-refractivity contribution >= 4 is 11.8 Å². The molecule has 0 radical (unpaired) electrons. The molecule has 100 valence electrons. The second kappa shape index (κ2) is 5.63. The van der Waals surface area contributed by atoms with Gasteiger partial charge in [0.1, 0.15) is 5.78 Å². The molecule has 2 atom stereocenters. The topological polar surface area (TPSA) is 63.6 Å². The average Bonchev–Trinajstić information content (AvgIpc) is 2.24. The lowest BCUT2D eigenvalue weighted by atomic mass is 9.74. The highest BCUT2D eigenvalue weighted by Crippen LogP contribution is 2.30. The van der Waals surface area contributed by atoms with E-state index in [1.165, 1.54) is 0 Å². The molecule has 0 fully saturated rings. The summed E-state index contributed by atoms with van der Waals surface area (Å²) in [6, 6.07) is 0. The van der Waals surface area contributed by atoms with E-state index in [-0.39, 0.29) is 18.8 Å². The first-order valence-corrected chi connectivity index (χ1v) is 6.05. The van der Waals surface area contributed by atoms with Crippen molar-refractivity contribution in [2.24, 2.45) is 11.3 Å². The van der Waals surface area contributed by atoms with E-state index < -0.39 is 22.9 Å². The number of rotatable bonds is 5.